The van der Waals surface area contributed by atoms with Crippen LogP contribution in [0.2, 0.25) is 5.02 Å². The van der Waals surface area contributed by atoms with Gasteiger partial charge < -0.3 is 9.88 Å². The minimum absolute atomic E-state index is 0.169. The van der Waals surface area contributed by atoms with Crippen LogP contribution in [0.4, 0.5) is 0 Å². The number of rotatable bonds is 8. The quantitative estimate of drug-likeness (QED) is 0.237. The Labute approximate surface area is 226 Å². The van der Waals surface area contributed by atoms with Crippen LogP contribution >= 0.6 is 11.6 Å². The Bertz CT molecular complexity index is 1560. The Morgan fingerprint density at radius 3 is 2.55 bits per heavy atom. The van der Waals surface area contributed by atoms with Crippen LogP contribution in [0.1, 0.15) is 46.6 Å². The highest BCUT2D eigenvalue weighted by Gasteiger charge is 2.24. The number of halogens is 1. The zero-order valence-electron chi connectivity index (χ0n) is 21.4. The fourth-order valence-corrected chi connectivity index (χ4v) is 4.57. The molecule has 2 amide bonds. The predicted molar refractivity (Wildman–Crippen MR) is 150 cm³/mol. The number of amides is 2. The lowest BCUT2D eigenvalue weighted by atomic mass is 10.0. The first-order chi connectivity index (χ1) is 18.3. The second-order valence-electron chi connectivity index (χ2n) is 9.31. The molecule has 0 saturated heterocycles. The fourth-order valence-electron chi connectivity index (χ4n) is 4.38. The van der Waals surface area contributed by atoms with E-state index >= 15 is 0 Å². The van der Waals surface area contributed by atoms with Gasteiger partial charge in [-0.3, -0.25) is 9.59 Å². The van der Waals surface area contributed by atoms with Crippen LogP contribution in [0.15, 0.2) is 77.9 Å². The minimum Gasteiger partial charge on any atom is -0.340 e. The molecule has 1 atom stereocenters. The van der Waals surface area contributed by atoms with Gasteiger partial charge in [0.2, 0.25) is 0 Å². The van der Waals surface area contributed by atoms with Crippen molar-refractivity contribution in [3.05, 3.63) is 106 Å². The number of fused-ring (bicyclic) bond motifs is 1. The molecule has 0 bridgehead atoms. The molecule has 0 saturated carbocycles. The molecule has 0 radical (unpaired) electrons. The summed E-state index contributed by atoms with van der Waals surface area (Å²) in [4.78, 5) is 25.7. The van der Waals surface area contributed by atoms with Gasteiger partial charge in [0.25, 0.3) is 11.8 Å². The Morgan fingerprint density at radius 1 is 1.08 bits per heavy atom. The highest BCUT2D eigenvalue weighted by Crippen LogP contribution is 2.26. The van der Waals surface area contributed by atoms with Gasteiger partial charge in [-0.05, 0) is 48.7 Å². The first-order valence-corrected chi connectivity index (χ1v) is 12.6. The van der Waals surface area contributed by atoms with Crippen LogP contribution in [-0.4, -0.2) is 28.6 Å². The van der Waals surface area contributed by atoms with Gasteiger partial charge in [0.15, 0.2) is 0 Å². The highest BCUT2D eigenvalue weighted by atomic mass is 35.5. The van der Waals surface area contributed by atoms with Gasteiger partial charge in [0.1, 0.15) is 6.04 Å². The summed E-state index contributed by atoms with van der Waals surface area (Å²) in [5, 5.41) is 18.0. The number of hydrogen-bond donors (Lipinski definition) is 2. The third-order valence-corrected chi connectivity index (χ3v) is 6.67. The predicted octanol–water partition coefficient (Wildman–Crippen LogP) is 5.43. The number of aromatic nitrogens is 1. The summed E-state index contributed by atoms with van der Waals surface area (Å²) in [7, 11) is 0. The summed E-state index contributed by atoms with van der Waals surface area (Å²) in [6.45, 7) is 6.22. The van der Waals surface area contributed by atoms with Crippen molar-refractivity contribution in [2.45, 2.75) is 33.4 Å². The van der Waals surface area contributed by atoms with E-state index in [-0.39, 0.29) is 11.8 Å². The third kappa shape index (κ3) is 5.77. The van der Waals surface area contributed by atoms with Gasteiger partial charge in [-0.1, -0.05) is 67.9 Å². The summed E-state index contributed by atoms with van der Waals surface area (Å²) >= 11 is 6.00. The molecule has 0 aliphatic carbocycles. The average molecular weight is 526 g/mol. The van der Waals surface area contributed by atoms with Crippen LogP contribution in [-0.2, 0) is 11.3 Å². The SMILES string of the molecule is Cc1c(/C=N\NC(=O)C(NC(=O)c2cccc(Cl)c2)C(C)C)c2ccccc2n1Cc1ccccc1C#N. The van der Waals surface area contributed by atoms with Gasteiger partial charge >= 0.3 is 0 Å². The monoisotopic (exact) mass is 525 g/mol. The Morgan fingerprint density at radius 2 is 1.82 bits per heavy atom. The molecule has 1 aromatic heterocycles. The van der Waals surface area contributed by atoms with Gasteiger partial charge in [0, 0.05) is 39.3 Å². The Hall–Kier alpha value is -4.41. The van der Waals surface area contributed by atoms with Crippen molar-refractivity contribution in [2.24, 2.45) is 11.0 Å². The van der Waals surface area contributed by atoms with Crippen LogP contribution < -0.4 is 10.7 Å². The summed E-state index contributed by atoms with van der Waals surface area (Å²) in [5.41, 5.74) is 7.33. The number of hydrazone groups is 1. The van der Waals surface area contributed by atoms with Crippen molar-refractivity contribution < 1.29 is 9.59 Å². The van der Waals surface area contributed by atoms with E-state index < -0.39 is 11.9 Å². The van der Waals surface area contributed by atoms with Gasteiger partial charge in [-0.2, -0.15) is 10.4 Å². The maximum Gasteiger partial charge on any atom is 0.262 e. The number of hydrogen-bond acceptors (Lipinski definition) is 4. The molecule has 4 rings (SSSR count). The van der Waals surface area contributed by atoms with Gasteiger partial charge in [-0.15, -0.1) is 0 Å². The largest absolute Gasteiger partial charge is 0.340 e. The standard InChI is InChI=1S/C30H28ClN5O2/c1-19(2)28(34-29(37)21-11-8-12-24(31)15-21)30(38)35-33-17-26-20(3)36(27-14-7-6-13-25(26)27)18-23-10-5-4-9-22(23)16-32/h4-15,17,19,28H,18H2,1-3H3,(H,34,37)(H,35,38)/b33-17-. The lowest BCUT2D eigenvalue weighted by Crippen LogP contribution is -2.48. The number of carbonyl (C=O) groups excluding carboxylic acids is 2. The summed E-state index contributed by atoms with van der Waals surface area (Å²) in [5.74, 6) is -0.977. The molecule has 1 heterocycles. The molecule has 2 N–H and O–H groups in total. The maximum absolute atomic E-state index is 13.0. The average Bonchev–Trinajstić information content (AvgIpc) is 3.17. The van der Waals surface area contributed by atoms with Crippen LogP contribution in [0.3, 0.4) is 0 Å². The number of nitriles is 1. The van der Waals surface area contributed by atoms with E-state index in [9.17, 15) is 14.9 Å². The topological polar surface area (TPSA) is 99.3 Å². The molecular formula is C30H28ClN5O2. The fraction of sp³-hybridized carbons (Fsp3) is 0.200. The number of carbonyl (C=O) groups is 2. The van der Waals surface area contributed by atoms with E-state index in [0.29, 0.717) is 22.7 Å². The number of nitrogens with zero attached hydrogens (tertiary/aromatic N) is 3. The van der Waals surface area contributed by atoms with Crippen molar-refractivity contribution in [2.75, 3.05) is 0 Å². The van der Waals surface area contributed by atoms with E-state index in [1.807, 2.05) is 69.3 Å². The molecule has 7 nitrogen and oxygen atoms in total. The summed E-state index contributed by atoms with van der Waals surface area (Å²) in [6.07, 6.45) is 1.62. The van der Waals surface area contributed by atoms with Gasteiger partial charge in [0.05, 0.1) is 17.8 Å². The Balaban J connectivity index is 1.55. The lowest BCUT2D eigenvalue weighted by molar-refractivity contribution is -0.123. The summed E-state index contributed by atoms with van der Waals surface area (Å²) < 4.78 is 2.14. The molecule has 8 heteroatoms. The second kappa shape index (κ2) is 11.8. The smallest absolute Gasteiger partial charge is 0.262 e. The van der Waals surface area contributed by atoms with Crippen LogP contribution in [0.5, 0.6) is 0 Å². The van der Waals surface area contributed by atoms with Gasteiger partial charge in [-0.25, -0.2) is 5.43 Å². The molecule has 0 aliphatic rings. The first-order valence-electron chi connectivity index (χ1n) is 12.2. The molecule has 3 aromatic carbocycles. The molecule has 4 aromatic rings. The van der Waals surface area contributed by atoms with E-state index in [1.165, 1.54) is 0 Å². The number of para-hydroxylation sites is 1. The molecule has 0 spiro atoms. The van der Waals surface area contributed by atoms with Crippen LogP contribution in [0, 0.1) is 24.2 Å². The molecule has 1 unspecified atom stereocenters. The van der Waals surface area contributed by atoms with E-state index in [4.69, 9.17) is 11.6 Å². The zero-order chi connectivity index (χ0) is 27.2. The lowest BCUT2D eigenvalue weighted by Gasteiger charge is -2.20. The Kier molecular flexibility index (Phi) is 8.25. The van der Waals surface area contributed by atoms with Crippen molar-refractivity contribution in [3.8, 4) is 6.07 Å². The zero-order valence-corrected chi connectivity index (χ0v) is 22.2. The molecule has 38 heavy (non-hydrogen) atoms. The number of benzene rings is 3. The third-order valence-electron chi connectivity index (χ3n) is 6.44. The second-order valence-corrected chi connectivity index (χ2v) is 9.75. The minimum atomic E-state index is -0.788. The highest BCUT2D eigenvalue weighted by molar-refractivity contribution is 6.31. The van der Waals surface area contributed by atoms with Crippen molar-refractivity contribution in [1.82, 2.24) is 15.3 Å². The number of nitrogens with one attached hydrogen (secondary N) is 2. The molecule has 192 valence electrons. The first kappa shape index (κ1) is 26.6. The van der Waals surface area contributed by atoms with Crippen molar-refractivity contribution >= 4 is 40.5 Å². The van der Waals surface area contributed by atoms with E-state index in [1.54, 1.807) is 30.5 Å². The maximum atomic E-state index is 13.0. The molecule has 0 fully saturated rings. The normalized spacial score (nSPS) is 12.0. The van der Waals surface area contributed by atoms with E-state index in [2.05, 4.69) is 26.5 Å². The van der Waals surface area contributed by atoms with Crippen LogP contribution in [0.25, 0.3) is 10.9 Å². The molecule has 0 aliphatic heterocycles. The summed E-state index contributed by atoms with van der Waals surface area (Å²) in [6, 6.07) is 23.5. The van der Waals surface area contributed by atoms with E-state index in [0.717, 1.165) is 27.7 Å². The van der Waals surface area contributed by atoms with Crippen molar-refractivity contribution in [1.29, 1.82) is 5.26 Å². The van der Waals surface area contributed by atoms with Crippen molar-refractivity contribution in [3.63, 3.8) is 0 Å². The molecular weight excluding hydrogens is 498 g/mol.